The van der Waals surface area contributed by atoms with Gasteiger partial charge >= 0.3 is 6.03 Å². The van der Waals surface area contributed by atoms with Crippen LogP contribution >= 0.6 is 22.9 Å². The smallest absolute Gasteiger partial charge is 0.334 e. The van der Waals surface area contributed by atoms with Crippen molar-refractivity contribution < 1.29 is 27.1 Å². The number of benzene rings is 1. The minimum absolute atomic E-state index is 0.0139. The summed E-state index contributed by atoms with van der Waals surface area (Å²) in [5.74, 6) is -0.947. The highest BCUT2D eigenvalue weighted by Crippen LogP contribution is 2.32. The van der Waals surface area contributed by atoms with Crippen LogP contribution in [0.2, 0.25) is 4.34 Å². The van der Waals surface area contributed by atoms with Crippen LogP contribution in [0.25, 0.3) is 0 Å². The zero-order valence-corrected chi connectivity index (χ0v) is 19.0. The average molecular weight is 513 g/mol. The van der Waals surface area contributed by atoms with E-state index in [4.69, 9.17) is 16.3 Å². The lowest BCUT2D eigenvalue weighted by Crippen LogP contribution is -2.39. The number of halogens is 2. The van der Waals surface area contributed by atoms with Crippen LogP contribution in [0.1, 0.15) is 10.4 Å². The molecular weight excluding hydrogens is 499 g/mol. The number of carbonyl (C=O) groups is 2. The molecule has 0 fully saturated rings. The van der Waals surface area contributed by atoms with Crippen molar-refractivity contribution in [2.45, 2.75) is 4.21 Å². The Bertz CT molecular complexity index is 1350. The quantitative estimate of drug-likeness (QED) is 0.473. The number of fused-ring (bicyclic) bond motifs is 1. The summed E-state index contributed by atoms with van der Waals surface area (Å²) in [6, 6.07) is 4.03. The van der Waals surface area contributed by atoms with Gasteiger partial charge in [-0.15, -0.1) is 11.3 Å². The third-order valence-corrected chi connectivity index (χ3v) is 7.41. The highest BCUT2D eigenvalue weighted by molar-refractivity contribution is 7.92. The first kappa shape index (κ1) is 22.7. The molecule has 1 aliphatic heterocycles. The van der Waals surface area contributed by atoms with Gasteiger partial charge in [0.05, 0.1) is 28.0 Å². The Morgan fingerprint density at radius 3 is 2.70 bits per heavy atom. The van der Waals surface area contributed by atoms with Crippen LogP contribution in [-0.4, -0.2) is 44.1 Å². The lowest BCUT2D eigenvalue weighted by molar-refractivity contribution is 0.0935. The summed E-state index contributed by atoms with van der Waals surface area (Å²) in [7, 11) is -2.57. The Morgan fingerprint density at radius 2 is 2.06 bits per heavy atom. The van der Waals surface area contributed by atoms with Crippen LogP contribution in [0.15, 0.2) is 40.9 Å². The number of hydrogen-bond acceptors (Lipinski definition) is 9. The van der Waals surface area contributed by atoms with Crippen LogP contribution in [-0.2, 0) is 10.0 Å². The lowest BCUT2D eigenvalue weighted by Gasteiger charge is -2.28. The highest BCUT2D eigenvalue weighted by Gasteiger charge is 2.29. The Hall–Kier alpha value is -3.49. The van der Waals surface area contributed by atoms with Gasteiger partial charge in [0.25, 0.3) is 15.9 Å². The molecule has 0 saturated heterocycles. The molecule has 0 atom stereocenters. The molecule has 3 amide bonds. The molecule has 0 radical (unpaired) electrons. The molecule has 4 rings (SSSR count). The van der Waals surface area contributed by atoms with E-state index in [1.165, 1.54) is 24.4 Å². The maximum atomic E-state index is 14.1. The number of sulfonamides is 1. The van der Waals surface area contributed by atoms with Crippen LogP contribution in [0.5, 0.6) is 5.75 Å². The van der Waals surface area contributed by atoms with E-state index in [-0.39, 0.29) is 43.9 Å². The number of aromatic nitrogens is 2. The van der Waals surface area contributed by atoms with E-state index in [2.05, 4.69) is 20.6 Å². The van der Waals surface area contributed by atoms with Crippen LogP contribution < -0.4 is 25.0 Å². The monoisotopic (exact) mass is 512 g/mol. The molecule has 1 aromatic carbocycles. The summed E-state index contributed by atoms with van der Waals surface area (Å²) in [6.45, 7) is -0.190. The third-order valence-electron chi connectivity index (χ3n) is 4.36. The first-order valence-corrected chi connectivity index (χ1v) is 11.7. The van der Waals surface area contributed by atoms with E-state index in [9.17, 15) is 22.4 Å². The van der Waals surface area contributed by atoms with Gasteiger partial charge in [0.1, 0.15) is 15.8 Å². The molecule has 0 spiro atoms. The molecule has 11 nitrogen and oxygen atoms in total. The maximum Gasteiger partial charge on any atom is 0.334 e. The zero-order chi connectivity index (χ0) is 23.8. The minimum atomic E-state index is -4.11. The van der Waals surface area contributed by atoms with Gasteiger partial charge in [-0.3, -0.25) is 15.0 Å². The summed E-state index contributed by atoms with van der Waals surface area (Å²) in [5, 5.41) is 4.89. The number of nitrogens with one attached hydrogen (secondary N) is 3. The van der Waals surface area contributed by atoms with Gasteiger partial charge in [-0.05, 0) is 18.2 Å². The molecular formula is C18H14ClFN6O5S2. The second-order valence-corrected chi connectivity index (χ2v) is 10.1. The second kappa shape index (κ2) is 8.80. The number of urea groups is 1. The second-order valence-electron chi connectivity index (χ2n) is 6.46. The SMILES string of the molecule is CNc1cc2c(cc1F)C(=O)N(c1cnc(NC(=O)NS(=O)(=O)c3ccc(Cl)s3)cn1)CO2. The number of ether oxygens (including phenoxy) is 1. The lowest BCUT2D eigenvalue weighted by atomic mass is 10.1. The van der Waals surface area contributed by atoms with Crippen molar-refractivity contribution in [1.82, 2.24) is 14.7 Å². The molecule has 0 saturated carbocycles. The third kappa shape index (κ3) is 4.67. The maximum absolute atomic E-state index is 14.1. The Balaban J connectivity index is 1.45. The van der Waals surface area contributed by atoms with Crippen molar-refractivity contribution >= 4 is 62.2 Å². The largest absolute Gasteiger partial charge is 0.472 e. The molecule has 15 heteroatoms. The Labute approximate surface area is 195 Å². The summed E-state index contributed by atoms with van der Waals surface area (Å²) in [6.07, 6.45) is 2.30. The molecule has 3 heterocycles. The van der Waals surface area contributed by atoms with Gasteiger partial charge in [-0.25, -0.2) is 32.3 Å². The average Bonchev–Trinajstić information content (AvgIpc) is 3.22. The number of rotatable bonds is 5. The predicted molar refractivity (Wildman–Crippen MR) is 119 cm³/mol. The van der Waals surface area contributed by atoms with E-state index in [1.54, 1.807) is 7.05 Å². The van der Waals surface area contributed by atoms with Crippen molar-refractivity contribution in [3.8, 4) is 5.75 Å². The predicted octanol–water partition coefficient (Wildman–Crippen LogP) is 2.88. The first-order valence-electron chi connectivity index (χ1n) is 9.05. The fourth-order valence-electron chi connectivity index (χ4n) is 2.82. The van der Waals surface area contributed by atoms with Crippen molar-refractivity contribution in [2.75, 3.05) is 29.3 Å². The normalized spacial score (nSPS) is 13.2. The Morgan fingerprint density at radius 1 is 1.27 bits per heavy atom. The molecule has 0 aliphatic carbocycles. The zero-order valence-electron chi connectivity index (χ0n) is 16.6. The Kier molecular flexibility index (Phi) is 6.05. The molecule has 0 bridgehead atoms. The minimum Gasteiger partial charge on any atom is -0.472 e. The number of nitrogens with zero attached hydrogens (tertiary/aromatic N) is 3. The molecule has 2 aromatic heterocycles. The van der Waals surface area contributed by atoms with Crippen molar-refractivity contribution in [3.63, 3.8) is 0 Å². The first-order chi connectivity index (χ1) is 15.7. The highest BCUT2D eigenvalue weighted by atomic mass is 35.5. The number of anilines is 3. The number of hydrogen-bond donors (Lipinski definition) is 3. The summed E-state index contributed by atoms with van der Waals surface area (Å²) in [5.41, 5.74) is 0.202. The van der Waals surface area contributed by atoms with Crippen molar-refractivity contribution in [3.05, 3.63) is 52.4 Å². The van der Waals surface area contributed by atoms with E-state index in [0.29, 0.717) is 0 Å². The van der Waals surface area contributed by atoms with Gasteiger partial charge in [0, 0.05) is 13.1 Å². The standard InChI is InChI=1S/C18H14ClFN6O5S2/c1-21-11-5-12-9(4-10(11)20)17(27)26(8-31-12)15-7-22-14(6-23-15)24-18(28)25-33(29,30)16-3-2-13(19)32-16/h2-7,21H,8H2,1H3,(H2,22,24,25,28). The van der Waals surface area contributed by atoms with Crippen molar-refractivity contribution in [2.24, 2.45) is 0 Å². The van der Waals surface area contributed by atoms with E-state index in [0.717, 1.165) is 28.5 Å². The molecule has 1 aliphatic rings. The summed E-state index contributed by atoms with van der Waals surface area (Å²) < 4.78 is 45.9. The molecule has 3 N–H and O–H groups in total. The molecule has 0 unspecified atom stereocenters. The molecule has 172 valence electrons. The van der Waals surface area contributed by atoms with Crippen molar-refractivity contribution in [1.29, 1.82) is 0 Å². The summed E-state index contributed by atoms with van der Waals surface area (Å²) >= 11 is 6.51. The van der Waals surface area contributed by atoms with Crippen LogP contribution in [0, 0.1) is 5.82 Å². The van der Waals surface area contributed by atoms with Gasteiger partial charge in [-0.1, -0.05) is 11.6 Å². The van der Waals surface area contributed by atoms with Gasteiger partial charge < -0.3 is 10.1 Å². The van der Waals surface area contributed by atoms with Gasteiger partial charge in [0.15, 0.2) is 18.4 Å². The van der Waals surface area contributed by atoms with Gasteiger partial charge in [0.2, 0.25) is 0 Å². The fourth-order valence-corrected chi connectivity index (χ4v) is 5.21. The van der Waals surface area contributed by atoms with Gasteiger partial charge in [-0.2, -0.15) is 0 Å². The van der Waals surface area contributed by atoms with E-state index in [1.807, 2.05) is 4.72 Å². The topological polar surface area (TPSA) is 143 Å². The van der Waals surface area contributed by atoms with Crippen LogP contribution in [0.4, 0.5) is 26.5 Å². The fraction of sp³-hybridized carbons (Fsp3) is 0.111. The summed E-state index contributed by atoms with van der Waals surface area (Å²) in [4.78, 5) is 33.9. The molecule has 3 aromatic rings. The number of amides is 3. The van der Waals surface area contributed by atoms with E-state index >= 15 is 0 Å². The van der Waals surface area contributed by atoms with Crippen LogP contribution in [0.3, 0.4) is 0 Å². The molecule has 33 heavy (non-hydrogen) atoms. The van der Waals surface area contributed by atoms with E-state index < -0.39 is 27.8 Å². The number of carbonyl (C=O) groups excluding carboxylic acids is 2. The number of thiophene rings is 1.